The molecule has 0 aliphatic carbocycles. The van der Waals surface area contributed by atoms with Crippen LogP contribution in [0.1, 0.15) is 11.7 Å². The Balaban J connectivity index is 2.18. The molecule has 0 saturated carbocycles. The van der Waals surface area contributed by atoms with E-state index in [2.05, 4.69) is 20.9 Å². The Kier molecular flexibility index (Phi) is 6.45. The second-order valence-electron chi connectivity index (χ2n) is 4.76. The summed E-state index contributed by atoms with van der Waals surface area (Å²) < 4.78 is 38.3. The molecule has 0 aliphatic heterocycles. The van der Waals surface area contributed by atoms with E-state index in [0.29, 0.717) is 28.0 Å². The van der Waals surface area contributed by atoms with Gasteiger partial charge in [0.15, 0.2) is 0 Å². The fourth-order valence-corrected chi connectivity index (χ4v) is 3.43. The maximum atomic E-state index is 11.3. The predicted octanol–water partition coefficient (Wildman–Crippen LogP) is 3.95. The molecule has 0 fully saturated rings. The summed E-state index contributed by atoms with van der Waals surface area (Å²) >= 11 is 9.46. The molecule has 0 bridgehead atoms. The van der Waals surface area contributed by atoms with Crippen LogP contribution in [0.4, 0.5) is 0 Å². The SMILES string of the molecule is COc1ccc(Oc2ccc(C(CBr)OS(C)(=O)=O)c(Cl)c2)cn1. The predicted molar refractivity (Wildman–Crippen MR) is 94.8 cm³/mol. The minimum absolute atomic E-state index is 0.280. The van der Waals surface area contributed by atoms with Crippen molar-refractivity contribution in [2.45, 2.75) is 6.10 Å². The van der Waals surface area contributed by atoms with Crippen molar-refractivity contribution in [3.8, 4) is 17.4 Å². The van der Waals surface area contributed by atoms with Crippen molar-refractivity contribution in [3.63, 3.8) is 0 Å². The number of rotatable bonds is 7. The van der Waals surface area contributed by atoms with Crippen molar-refractivity contribution >= 4 is 37.6 Å². The number of aromatic nitrogens is 1. The third kappa shape index (κ3) is 5.34. The van der Waals surface area contributed by atoms with Crippen LogP contribution in [0.5, 0.6) is 17.4 Å². The molecular formula is C15H15BrClNO5S. The van der Waals surface area contributed by atoms with Crippen molar-refractivity contribution in [3.05, 3.63) is 47.1 Å². The summed E-state index contributed by atoms with van der Waals surface area (Å²) in [5.74, 6) is 1.49. The second kappa shape index (κ2) is 8.15. The molecule has 24 heavy (non-hydrogen) atoms. The normalized spacial score (nSPS) is 12.7. The van der Waals surface area contributed by atoms with Gasteiger partial charge in [0.05, 0.1) is 24.6 Å². The van der Waals surface area contributed by atoms with Gasteiger partial charge in [-0.15, -0.1) is 0 Å². The molecule has 2 aromatic rings. The Morgan fingerprint density at radius 1 is 1.25 bits per heavy atom. The number of nitrogens with zero attached hydrogens (tertiary/aromatic N) is 1. The molecule has 1 aromatic heterocycles. The Morgan fingerprint density at radius 2 is 1.96 bits per heavy atom. The molecule has 0 spiro atoms. The van der Waals surface area contributed by atoms with Crippen molar-refractivity contribution in [2.75, 3.05) is 18.7 Å². The van der Waals surface area contributed by atoms with Crippen molar-refractivity contribution in [1.29, 1.82) is 0 Å². The largest absolute Gasteiger partial charge is 0.481 e. The highest BCUT2D eigenvalue weighted by atomic mass is 79.9. The zero-order valence-corrected chi connectivity index (χ0v) is 16.1. The van der Waals surface area contributed by atoms with Gasteiger partial charge in [-0.25, -0.2) is 4.98 Å². The Hall–Kier alpha value is -1.35. The first-order valence-electron chi connectivity index (χ1n) is 6.74. The van der Waals surface area contributed by atoms with Crippen LogP contribution in [0.3, 0.4) is 0 Å². The van der Waals surface area contributed by atoms with Crippen LogP contribution >= 0.6 is 27.5 Å². The molecule has 0 aliphatic rings. The second-order valence-corrected chi connectivity index (χ2v) is 7.42. The number of hydrogen-bond acceptors (Lipinski definition) is 6. The first-order chi connectivity index (χ1) is 11.3. The van der Waals surface area contributed by atoms with Crippen molar-refractivity contribution < 1.29 is 22.1 Å². The highest BCUT2D eigenvalue weighted by molar-refractivity contribution is 9.09. The van der Waals surface area contributed by atoms with Crippen LogP contribution in [0.25, 0.3) is 0 Å². The van der Waals surface area contributed by atoms with Gasteiger partial charge >= 0.3 is 0 Å². The van der Waals surface area contributed by atoms with E-state index >= 15 is 0 Å². The lowest BCUT2D eigenvalue weighted by atomic mass is 10.1. The van der Waals surface area contributed by atoms with Crippen LogP contribution in [-0.4, -0.2) is 32.1 Å². The smallest absolute Gasteiger partial charge is 0.265 e. The summed E-state index contributed by atoms with van der Waals surface area (Å²) in [6, 6.07) is 8.30. The highest BCUT2D eigenvalue weighted by Crippen LogP contribution is 2.33. The van der Waals surface area contributed by atoms with Crippen LogP contribution in [0.15, 0.2) is 36.5 Å². The van der Waals surface area contributed by atoms with E-state index in [1.165, 1.54) is 13.3 Å². The first-order valence-corrected chi connectivity index (χ1v) is 10.1. The number of benzene rings is 1. The molecular weight excluding hydrogens is 422 g/mol. The quantitative estimate of drug-likeness (QED) is 0.483. The van der Waals surface area contributed by atoms with Crippen molar-refractivity contribution in [1.82, 2.24) is 4.98 Å². The number of ether oxygens (including phenoxy) is 2. The van der Waals surface area contributed by atoms with Crippen LogP contribution < -0.4 is 9.47 Å². The van der Waals surface area contributed by atoms with Gasteiger partial charge in [0.25, 0.3) is 10.1 Å². The third-order valence-electron chi connectivity index (χ3n) is 2.90. The zero-order chi connectivity index (χ0) is 17.7. The molecule has 1 aromatic carbocycles. The fraction of sp³-hybridized carbons (Fsp3) is 0.267. The van der Waals surface area contributed by atoms with E-state index in [9.17, 15) is 8.42 Å². The molecule has 0 radical (unpaired) electrons. The van der Waals surface area contributed by atoms with Crippen molar-refractivity contribution in [2.24, 2.45) is 0 Å². The molecule has 0 N–H and O–H groups in total. The van der Waals surface area contributed by atoms with Gasteiger partial charge < -0.3 is 9.47 Å². The summed E-state index contributed by atoms with van der Waals surface area (Å²) in [4.78, 5) is 4.04. The summed E-state index contributed by atoms with van der Waals surface area (Å²) in [5.41, 5.74) is 0.541. The summed E-state index contributed by atoms with van der Waals surface area (Å²) in [7, 11) is -2.08. The van der Waals surface area contributed by atoms with Gasteiger partial charge in [-0.2, -0.15) is 8.42 Å². The number of alkyl halides is 1. The topological polar surface area (TPSA) is 74.7 Å². The van der Waals surface area contributed by atoms with Gasteiger partial charge in [0, 0.05) is 17.0 Å². The molecule has 1 unspecified atom stereocenters. The average molecular weight is 437 g/mol. The molecule has 0 saturated heterocycles. The van der Waals surface area contributed by atoms with Crippen LogP contribution in [0, 0.1) is 0 Å². The maximum absolute atomic E-state index is 11.3. The Labute approximate surface area is 154 Å². The molecule has 1 heterocycles. The lowest BCUT2D eigenvalue weighted by molar-refractivity contribution is 0.242. The zero-order valence-electron chi connectivity index (χ0n) is 12.9. The highest BCUT2D eigenvalue weighted by Gasteiger charge is 2.20. The summed E-state index contributed by atoms with van der Waals surface area (Å²) in [6.07, 6.45) is 1.79. The van der Waals surface area contributed by atoms with E-state index in [4.69, 9.17) is 25.3 Å². The minimum Gasteiger partial charge on any atom is -0.481 e. The average Bonchev–Trinajstić information content (AvgIpc) is 2.53. The van der Waals surface area contributed by atoms with E-state index in [-0.39, 0.29) is 5.33 Å². The lowest BCUT2D eigenvalue weighted by Gasteiger charge is -2.16. The van der Waals surface area contributed by atoms with E-state index in [1.807, 2.05) is 0 Å². The van der Waals surface area contributed by atoms with Gasteiger partial charge in [-0.05, 0) is 18.2 Å². The van der Waals surface area contributed by atoms with Gasteiger partial charge in [0.1, 0.15) is 17.6 Å². The van der Waals surface area contributed by atoms with E-state index in [1.54, 1.807) is 30.3 Å². The van der Waals surface area contributed by atoms with Crippen LogP contribution in [0.2, 0.25) is 5.02 Å². The van der Waals surface area contributed by atoms with E-state index in [0.717, 1.165) is 6.26 Å². The molecule has 6 nitrogen and oxygen atoms in total. The molecule has 0 amide bonds. The first kappa shape index (κ1) is 19.0. The van der Waals surface area contributed by atoms with Crippen LogP contribution in [-0.2, 0) is 14.3 Å². The molecule has 9 heteroatoms. The van der Waals surface area contributed by atoms with Gasteiger partial charge in [-0.3, -0.25) is 4.18 Å². The standard InChI is InChI=1S/C15H15BrClNO5S/c1-21-15-6-4-11(9-18-15)22-10-3-5-12(13(17)7-10)14(8-16)23-24(2,19)20/h3-7,9,14H,8H2,1-2H3. The monoisotopic (exact) mass is 435 g/mol. The minimum atomic E-state index is -3.61. The van der Waals surface area contributed by atoms with E-state index < -0.39 is 16.2 Å². The fourth-order valence-electron chi connectivity index (χ4n) is 1.89. The number of hydrogen-bond donors (Lipinski definition) is 0. The summed E-state index contributed by atoms with van der Waals surface area (Å²) in [6.45, 7) is 0. The molecule has 1 atom stereocenters. The number of methoxy groups -OCH3 is 1. The third-order valence-corrected chi connectivity index (χ3v) is 4.40. The number of pyridine rings is 1. The number of halogens is 2. The maximum Gasteiger partial charge on any atom is 0.265 e. The molecule has 2 rings (SSSR count). The lowest BCUT2D eigenvalue weighted by Crippen LogP contribution is -2.12. The Bertz CT molecular complexity index is 798. The summed E-state index contributed by atoms with van der Waals surface area (Å²) in [5, 5.41) is 0.615. The molecule has 130 valence electrons. The Morgan fingerprint density at radius 3 is 2.46 bits per heavy atom. The van der Waals surface area contributed by atoms with Gasteiger partial charge in [-0.1, -0.05) is 33.6 Å². The van der Waals surface area contributed by atoms with Gasteiger partial charge in [0.2, 0.25) is 5.88 Å².